The molecule has 0 aromatic carbocycles. The van der Waals surface area contributed by atoms with Crippen LogP contribution in [0.2, 0.25) is 0 Å². The van der Waals surface area contributed by atoms with Gasteiger partial charge in [0.25, 0.3) is 0 Å². The molecule has 0 aliphatic rings. The Labute approximate surface area is 113 Å². The van der Waals surface area contributed by atoms with Crippen LogP contribution in [0.25, 0.3) is 0 Å². The zero-order valence-corrected chi connectivity index (χ0v) is 11.6. The van der Waals surface area contributed by atoms with E-state index >= 15 is 0 Å². The molecule has 0 aliphatic heterocycles. The molecule has 0 atom stereocenters. The van der Waals surface area contributed by atoms with Crippen LogP contribution in [-0.2, 0) is 16.6 Å². The maximum Gasteiger partial charge on any atom is 0.345 e. The van der Waals surface area contributed by atoms with Crippen molar-refractivity contribution in [1.82, 2.24) is 4.31 Å². The van der Waals surface area contributed by atoms with Crippen LogP contribution in [0.1, 0.15) is 15.4 Å². The van der Waals surface area contributed by atoms with Gasteiger partial charge < -0.3 is 9.52 Å². The topological polar surface area (TPSA) is 87.8 Å². The highest BCUT2D eigenvalue weighted by Crippen LogP contribution is 2.23. The summed E-state index contributed by atoms with van der Waals surface area (Å²) in [6.45, 7) is 0.0909. The molecule has 2 aromatic heterocycles. The molecule has 2 heterocycles. The first-order chi connectivity index (χ1) is 8.91. The highest BCUT2D eigenvalue weighted by molar-refractivity contribution is 7.89. The van der Waals surface area contributed by atoms with Crippen molar-refractivity contribution < 1.29 is 22.7 Å². The minimum atomic E-state index is -3.71. The molecule has 0 fully saturated rings. The molecule has 0 unspecified atom stereocenters. The zero-order chi connectivity index (χ0) is 14.0. The van der Waals surface area contributed by atoms with Gasteiger partial charge in [-0.15, -0.1) is 11.3 Å². The number of thiophene rings is 1. The van der Waals surface area contributed by atoms with Crippen molar-refractivity contribution in [2.45, 2.75) is 11.4 Å². The lowest BCUT2D eigenvalue weighted by molar-refractivity contribution is 0.0702. The summed E-state index contributed by atoms with van der Waals surface area (Å²) in [5, 5.41) is 10.1. The van der Waals surface area contributed by atoms with E-state index in [2.05, 4.69) is 0 Å². The summed E-state index contributed by atoms with van der Waals surface area (Å²) < 4.78 is 30.6. The van der Waals surface area contributed by atoms with Gasteiger partial charge in [0.2, 0.25) is 10.0 Å². The Morgan fingerprint density at radius 1 is 1.53 bits per heavy atom. The van der Waals surface area contributed by atoms with E-state index in [4.69, 9.17) is 9.52 Å². The van der Waals surface area contributed by atoms with Gasteiger partial charge in [0.05, 0.1) is 17.7 Å². The largest absolute Gasteiger partial charge is 0.477 e. The third-order valence-corrected chi connectivity index (χ3v) is 5.30. The molecule has 0 saturated heterocycles. The Morgan fingerprint density at radius 3 is 2.79 bits per heavy atom. The second kappa shape index (κ2) is 5.16. The van der Waals surface area contributed by atoms with Crippen molar-refractivity contribution in [3.05, 3.63) is 40.5 Å². The Morgan fingerprint density at radius 2 is 2.26 bits per heavy atom. The molecule has 102 valence electrons. The minimum Gasteiger partial charge on any atom is -0.477 e. The van der Waals surface area contributed by atoms with Crippen molar-refractivity contribution in [2.24, 2.45) is 0 Å². The van der Waals surface area contributed by atoms with Crippen molar-refractivity contribution >= 4 is 27.3 Å². The van der Waals surface area contributed by atoms with Crippen LogP contribution >= 0.6 is 11.3 Å². The van der Waals surface area contributed by atoms with E-state index in [9.17, 15) is 13.2 Å². The average molecular weight is 301 g/mol. The van der Waals surface area contributed by atoms with E-state index in [-0.39, 0.29) is 16.3 Å². The fourth-order valence-corrected chi connectivity index (χ4v) is 3.69. The fourth-order valence-electron chi connectivity index (χ4n) is 1.45. The van der Waals surface area contributed by atoms with Gasteiger partial charge in [-0.25, -0.2) is 13.2 Å². The monoisotopic (exact) mass is 301 g/mol. The molecular formula is C11H11NO5S2. The highest BCUT2D eigenvalue weighted by Gasteiger charge is 2.24. The van der Waals surface area contributed by atoms with E-state index in [1.54, 1.807) is 12.1 Å². The number of carboxylic acids is 1. The van der Waals surface area contributed by atoms with Crippen LogP contribution in [-0.4, -0.2) is 30.8 Å². The van der Waals surface area contributed by atoms with Crippen LogP contribution in [0.4, 0.5) is 0 Å². The number of rotatable bonds is 5. The van der Waals surface area contributed by atoms with Crippen molar-refractivity contribution in [3.8, 4) is 0 Å². The summed E-state index contributed by atoms with van der Waals surface area (Å²) in [6.07, 6.45) is 1.46. The minimum absolute atomic E-state index is 0.00928. The second-order valence-corrected chi connectivity index (χ2v) is 6.75. The molecule has 6 nitrogen and oxygen atoms in total. The number of nitrogens with zero attached hydrogens (tertiary/aromatic N) is 1. The molecule has 19 heavy (non-hydrogen) atoms. The van der Waals surface area contributed by atoms with Crippen molar-refractivity contribution in [2.75, 3.05) is 7.05 Å². The predicted molar refractivity (Wildman–Crippen MR) is 68.6 cm³/mol. The maximum absolute atomic E-state index is 12.2. The molecule has 2 aromatic rings. The van der Waals surface area contributed by atoms with Gasteiger partial charge in [-0.1, -0.05) is 0 Å². The Hall–Kier alpha value is -1.64. The van der Waals surface area contributed by atoms with Gasteiger partial charge in [0, 0.05) is 12.4 Å². The van der Waals surface area contributed by atoms with Crippen molar-refractivity contribution in [1.29, 1.82) is 0 Å². The number of furan rings is 1. The van der Waals surface area contributed by atoms with E-state index in [0.717, 1.165) is 21.7 Å². The number of hydrogen-bond donors (Lipinski definition) is 1. The number of aromatic carboxylic acids is 1. The van der Waals surface area contributed by atoms with E-state index in [1.807, 2.05) is 0 Å². The summed E-state index contributed by atoms with van der Waals surface area (Å²) in [6, 6.07) is 4.49. The number of hydrogen-bond acceptors (Lipinski definition) is 5. The Bertz CT molecular complexity index is 672. The third-order valence-electron chi connectivity index (χ3n) is 2.45. The molecule has 0 radical (unpaired) electrons. The van der Waals surface area contributed by atoms with Crippen LogP contribution in [0.5, 0.6) is 0 Å². The molecular weight excluding hydrogens is 290 g/mol. The SMILES string of the molecule is CN(Cc1ccco1)S(=O)(=O)c1csc(C(=O)O)c1. The summed E-state index contributed by atoms with van der Waals surface area (Å²) in [7, 11) is -2.29. The van der Waals surface area contributed by atoms with Gasteiger partial charge in [0.15, 0.2) is 0 Å². The Balaban J connectivity index is 2.23. The van der Waals surface area contributed by atoms with E-state index in [0.29, 0.717) is 5.76 Å². The van der Waals surface area contributed by atoms with Gasteiger partial charge in [0.1, 0.15) is 10.6 Å². The first-order valence-corrected chi connectivity index (χ1v) is 7.54. The van der Waals surface area contributed by atoms with Gasteiger partial charge in [-0.3, -0.25) is 0 Å². The van der Waals surface area contributed by atoms with Crippen LogP contribution in [0.15, 0.2) is 39.2 Å². The first-order valence-electron chi connectivity index (χ1n) is 5.22. The number of carboxylic acid groups (broad SMARTS) is 1. The van der Waals surface area contributed by atoms with Crippen LogP contribution in [0.3, 0.4) is 0 Å². The smallest absolute Gasteiger partial charge is 0.345 e. The standard InChI is InChI=1S/C11H11NO5S2/c1-12(6-8-3-2-4-17-8)19(15,16)9-5-10(11(13)14)18-7-9/h2-5,7H,6H2,1H3,(H,13,14). The second-order valence-electron chi connectivity index (χ2n) is 3.79. The molecule has 0 bridgehead atoms. The van der Waals surface area contributed by atoms with Gasteiger partial charge in [-0.2, -0.15) is 4.31 Å². The van der Waals surface area contributed by atoms with Gasteiger partial charge in [-0.05, 0) is 18.2 Å². The predicted octanol–water partition coefficient (Wildman–Crippen LogP) is 1.86. The normalized spacial score (nSPS) is 11.9. The van der Waals surface area contributed by atoms with E-state index < -0.39 is 16.0 Å². The molecule has 2 rings (SSSR count). The molecule has 0 saturated carbocycles. The third kappa shape index (κ3) is 2.86. The van der Waals surface area contributed by atoms with Gasteiger partial charge >= 0.3 is 5.97 Å². The summed E-state index contributed by atoms with van der Waals surface area (Å²) >= 11 is 0.881. The molecule has 0 amide bonds. The highest BCUT2D eigenvalue weighted by atomic mass is 32.2. The summed E-state index contributed by atoms with van der Waals surface area (Å²) in [5.41, 5.74) is 0. The lowest BCUT2D eigenvalue weighted by Gasteiger charge is -2.14. The fraction of sp³-hybridized carbons (Fsp3) is 0.182. The Kier molecular flexibility index (Phi) is 3.74. The summed E-state index contributed by atoms with van der Waals surface area (Å²) in [4.78, 5) is 10.7. The first kappa shape index (κ1) is 13.8. The molecule has 1 N–H and O–H groups in total. The van der Waals surface area contributed by atoms with Crippen LogP contribution < -0.4 is 0 Å². The average Bonchev–Trinajstić information content (AvgIpc) is 2.99. The molecule has 0 aliphatic carbocycles. The zero-order valence-electron chi connectivity index (χ0n) is 9.94. The number of sulfonamides is 1. The molecule has 8 heteroatoms. The van der Waals surface area contributed by atoms with Crippen LogP contribution in [0, 0.1) is 0 Å². The summed E-state index contributed by atoms with van der Waals surface area (Å²) in [5.74, 6) is -0.625. The number of carbonyl (C=O) groups is 1. The lowest BCUT2D eigenvalue weighted by Crippen LogP contribution is -2.25. The molecule has 0 spiro atoms. The maximum atomic E-state index is 12.2. The quantitative estimate of drug-likeness (QED) is 0.910. The van der Waals surface area contributed by atoms with Crippen molar-refractivity contribution in [3.63, 3.8) is 0 Å². The van der Waals surface area contributed by atoms with E-state index in [1.165, 1.54) is 18.7 Å². The lowest BCUT2D eigenvalue weighted by atomic mass is 10.4.